The Labute approximate surface area is 151 Å². The van der Waals surface area contributed by atoms with Gasteiger partial charge >= 0.3 is 0 Å². The third-order valence-electron chi connectivity index (χ3n) is 4.41. The molecule has 3 aromatic carbocycles. The van der Waals surface area contributed by atoms with Gasteiger partial charge in [0.05, 0.1) is 11.4 Å². The zero-order chi connectivity index (χ0) is 18.1. The van der Waals surface area contributed by atoms with E-state index in [9.17, 15) is 0 Å². The second-order valence-corrected chi connectivity index (χ2v) is 6.11. The monoisotopic (exact) mass is 338 g/mol. The van der Waals surface area contributed by atoms with E-state index in [-0.39, 0.29) is 5.96 Å². The van der Waals surface area contributed by atoms with Crippen LogP contribution in [0.15, 0.2) is 84.5 Å². The fourth-order valence-corrected chi connectivity index (χ4v) is 3.21. The van der Waals surface area contributed by atoms with Crippen molar-refractivity contribution < 1.29 is 0 Å². The highest BCUT2D eigenvalue weighted by molar-refractivity contribution is 6.04. The minimum Gasteiger partial charge on any atom is -0.370 e. The maximum absolute atomic E-state index is 5.48. The predicted molar refractivity (Wildman–Crippen MR) is 110 cm³/mol. The van der Waals surface area contributed by atoms with Crippen molar-refractivity contribution in [3.63, 3.8) is 0 Å². The first kappa shape index (κ1) is 15.8. The van der Waals surface area contributed by atoms with Crippen LogP contribution in [0.25, 0.3) is 38.5 Å². The molecule has 0 saturated heterocycles. The van der Waals surface area contributed by atoms with Gasteiger partial charge in [-0.3, -0.25) is 4.98 Å². The number of aliphatic imine (C=N–C) groups is 1. The van der Waals surface area contributed by atoms with E-state index < -0.39 is 0 Å². The summed E-state index contributed by atoms with van der Waals surface area (Å²) >= 11 is 0. The van der Waals surface area contributed by atoms with Crippen LogP contribution < -0.4 is 11.5 Å². The molecule has 0 unspecified atom stereocenters. The molecule has 0 fully saturated rings. The van der Waals surface area contributed by atoms with Gasteiger partial charge in [-0.05, 0) is 28.3 Å². The van der Waals surface area contributed by atoms with Gasteiger partial charge in [-0.15, -0.1) is 0 Å². The number of rotatable bonds is 3. The third-order valence-corrected chi connectivity index (χ3v) is 4.41. The van der Waals surface area contributed by atoms with Crippen LogP contribution in [0.2, 0.25) is 0 Å². The van der Waals surface area contributed by atoms with Gasteiger partial charge in [0.15, 0.2) is 5.96 Å². The predicted octanol–water partition coefficient (Wildman–Crippen LogP) is 4.30. The Kier molecular flexibility index (Phi) is 3.86. The van der Waals surface area contributed by atoms with E-state index in [0.29, 0.717) is 5.70 Å². The Balaban J connectivity index is 1.98. The first-order chi connectivity index (χ1) is 12.6. The zero-order valence-corrected chi connectivity index (χ0v) is 14.2. The van der Waals surface area contributed by atoms with Crippen molar-refractivity contribution in [3.05, 3.63) is 85.1 Å². The second kappa shape index (κ2) is 6.33. The molecule has 0 radical (unpaired) electrons. The molecule has 4 N–H and O–H groups in total. The summed E-state index contributed by atoms with van der Waals surface area (Å²) in [4.78, 5) is 8.73. The van der Waals surface area contributed by atoms with E-state index in [4.69, 9.17) is 11.5 Å². The van der Waals surface area contributed by atoms with Crippen LogP contribution in [0, 0.1) is 0 Å². The van der Waals surface area contributed by atoms with Crippen LogP contribution in [0.4, 0.5) is 0 Å². The Morgan fingerprint density at radius 3 is 2.46 bits per heavy atom. The maximum atomic E-state index is 5.48. The van der Waals surface area contributed by atoms with Crippen LogP contribution in [0.3, 0.4) is 0 Å². The molecule has 126 valence electrons. The lowest BCUT2D eigenvalue weighted by Crippen LogP contribution is -2.22. The number of nitrogens with zero attached hydrogens (tertiary/aromatic N) is 2. The summed E-state index contributed by atoms with van der Waals surface area (Å²) in [5.41, 5.74) is 14.4. The van der Waals surface area contributed by atoms with Gasteiger partial charge in [0.25, 0.3) is 0 Å². The van der Waals surface area contributed by atoms with Crippen LogP contribution in [0.1, 0.15) is 5.56 Å². The van der Waals surface area contributed by atoms with E-state index in [1.54, 1.807) is 0 Å². The zero-order valence-electron chi connectivity index (χ0n) is 14.2. The molecule has 0 amide bonds. The summed E-state index contributed by atoms with van der Waals surface area (Å²) in [5.74, 6) is -0.000831. The van der Waals surface area contributed by atoms with Crippen LogP contribution in [-0.2, 0) is 0 Å². The molecule has 4 aromatic rings. The van der Waals surface area contributed by atoms with E-state index in [1.165, 1.54) is 0 Å². The summed E-state index contributed by atoms with van der Waals surface area (Å²) in [6, 6.07) is 22.6. The number of guanidine groups is 1. The standard InChI is InChI=1S/C22H18N4/c1-14(26-22(23)24)17-10-9-15-6-4-8-19(20(15)13-17)21-18-7-3-2-5-16(18)11-12-25-21/h2-13H,1H2,(H4,23,24,26). The van der Waals surface area contributed by atoms with E-state index in [1.807, 2.05) is 42.6 Å². The first-order valence-electron chi connectivity index (χ1n) is 8.29. The van der Waals surface area contributed by atoms with Crippen LogP contribution in [0.5, 0.6) is 0 Å². The summed E-state index contributed by atoms with van der Waals surface area (Å²) in [5, 5.41) is 4.49. The molecular weight excluding hydrogens is 320 g/mol. The van der Waals surface area contributed by atoms with E-state index >= 15 is 0 Å². The fraction of sp³-hybridized carbons (Fsp3) is 0. The van der Waals surface area contributed by atoms with Crippen molar-refractivity contribution in [2.75, 3.05) is 0 Å². The van der Waals surface area contributed by atoms with Gasteiger partial charge in [-0.25, -0.2) is 4.99 Å². The highest BCUT2D eigenvalue weighted by Gasteiger charge is 2.10. The molecule has 4 nitrogen and oxygen atoms in total. The SMILES string of the molecule is C=C(N=C(N)N)c1ccc2cccc(-c3nccc4ccccc34)c2c1. The topological polar surface area (TPSA) is 77.3 Å². The molecule has 0 bridgehead atoms. The maximum Gasteiger partial charge on any atom is 0.191 e. The number of pyridine rings is 1. The van der Waals surface area contributed by atoms with Gasteiger partial charge in [0.1, 0.15) is 0 Å². The van der Waals surface area contributed by atoms with Crippen molar-refractivity contribution in [3.8, 4) is 11.3 Å². The van der Waals surface area contributed by atoms with Crippen molar-refractivity contribution in [1.29, 1.82) is 0 Å². The minimum absolute atomic E-state index is 0.000831. The van der Waals surface area contributed by atoms with E-state index in [2.05, 4.69) is 46.9 Å². The number of benzene rings is 3. The van der Waals surface area contributed by atoms with Crippen molar-refractivity contribution in [1.82, 2.24) is 4.98 Å². The normalized spacial score (nSPS) is 10.8. The van der Waals surface area contributed by atoms with Gasteiger partial charge in [-0.2, -0.15) is 0 Å². The summed E-state index contributed by atoms with van der Waals surface area (Å²) in [6.07, 6.45) is 1.85. The fourth-order valence-electron chi connectivity index (χ4n) is 3.21. The van der Waals surface area contributed by atoms with Gasteiger partial charge in [0, 0.05) is 22.7 Å². The van der Waals surface area contributed by atoms with Crippen molar-refractivity contribution in [2.45, 2.75) is 0 Å². The second-order valence-electron chi connectivity index (χ2n) is 6.11. The minimum atomic E-state index is -0.000831. The Morgan fingerprint density at radius 2 is 1.62 bits per heavy atom. The third kappa shape index (κ3) is 2.78. The number of hydrogen-bond acceptors (Lipinski definition) is 2. The first-order valence-corrected chi connectivity index (χ1v) is 8.29. The molecule has 1 aromatic heterocycles. The molecule has 0 spiro atoms. The molecule has 0 aliphatic rings. The highest BCUT2D eigenvalue weighted by atomic mass is 15.0. The number of fused-ring (bicyclic) bond motifs is 2. The molecule has 4 rings (SSSR count). The molecule has 4 heteroatoms. The lowest BCUT2D eigenvalue weighted by atomic mass is 9.96. The van der Waals surface area contributed by atoms with Gasteiger partial charge in [-0.1, -0.05) is 61.2 Å². The molecular formula is C22H18N4. The Morgan fingerprint density at radius 1 is 0.846 bits per heavy atom. The number of nitrogens with two attached hydrogens (primary N) is 2. The number of hydrogen-bond donors (Lipinski definition) is 2. The summed E-state index contributed by atoms with van der Waals surface area (Å²) in [6.45, 7) is 3.96. The highest BCUT2D eigenvalue weighted by Crippen LogP contribution is 2.33. The lowest BCUT2D eigenvalue weighted by molar-refractivity contribution is 1.36. The lowest BCUT2D eigenvalue weighted by Gasteiger charge is -2.11. The number of aromatic nitrogens is 1. The van der Waals surface area contributed by atoms with Crippen molar-refractivity contribution in [2.24, 2.45) is 16.5 Å². The van der Waals surface area contributed by atoms with Crippen LogP contribution >= 0.6 is 0 Å². The molecule has 1 heterocycles. The van der Waals surface area contributed by atoms with Gasteiger partial charge < -0.3 is 11.5 Å². The molecule has 0 aliphatic heterocycles. The van der Waals surface area contributed by atoms with Gasteiger partial charge in [0.2, 0.25) is 0 Å². The molecule has 0 atom stereocenters. The largest absolute Gasteiger partial charge is 0.370 e. The summed E-state index contributed by atoms with van der Waals surface area (Å²) in [7, 11) is 0. The van der Waals surface area contributed by atoms with Crippen molar-refractivity contribution >= 4 is 33.2 Å². The average molecular weight is 338 g/mol. The smallest absolute Gasteiger partial charge is 0.191 e. The molecule has 0 aliphatic carbocycles. The molecule has 26 heavy (non-hydrogen) atoms. The average Bonchev–Trinajstić information content (AvgIpc) is 2.66. The Bertz CT molecular complexity index is 1170. The van der Waals surface area contributed by atoms with Crippen LogP contribution in [-0.4, -0.2) is 10.9 Å². The summed E-state index contributed by atoms with van der Waals surface area (Å²) < 4.78 is 0. The Hall–Kier alpha value is -3.66. The van der Waals surface area contributed by atoms with E-state index in [0.717, 1.165) is 38.4 Å². The quantitative estimate of drug-likeness (QED) is 0.432. The molecule has 0 saturated carbocycles.